The standard InChI is InChI=1S/C17H22N2O3/c1-3-11-22-16-7-5-4-6-13(16)15-9-8-14(18)17(20)19(15)10-12-21-2/h4-9H,3,10-12,18H2,1-2H3. The van der Waals surface area contributed by atoms with Crippen LogP contribution in [0, 0.1) is 0 Å². The van der Waals surface area contributed by atoms with Crippen LogP contribution in [-0.4, -0.2) is 24.9 Å². The van der Waals surface area contributed by atoms with Gasteiger partial charge in [-0.2, -0.15) is 0 Å². The Morgan fingerprint density at radius 3 is 2.64 bits per heavy atom. The van der Waals surface area contributed by atoms with Crippen LogP contribution in [0.25, 0.3) is 11.3 Å². The molecule has 0 amide bonds. The highest BCUT2D eigenvalue weighted by Crippen LogP contribution is 2.29. The molecule has 0 spiro atoms. The monoisotopic (exact) mass is 302 g/mol. The van der Waals surface area contributed by atoms with Crippen molar-refractivity contribution >= 4 is 5.69 Å². The molecular formula is C17H22N2O3. The maximum absolute atomic E-state index is 12.3. The summed E-state index contributed by atoms with van der Waals surface area (Å²) in [4.78, 5) is 12.3. The number of methoxy groups -OCH3 is 1. The molecule has 2 rings (SSSR count). The first-order valence-electron chi connectivity index (χ1n) is 7.39. The predicted octanol–water partition coefficient (Wildman–Crippen LogP) is 2.53. The highest BCUT2D eigenvalue weighted by Gasteiger charge is 2.12. The van der Waals surface area contributed by atoms with E-state index in [1.54, 1.807) is 17.7 Å². The van der Waals surface area contributed by atoms with Crippen LogP contribution in [-0.2, 0) is 11.3 Å². The second-order valence-electron chi connectivity index (χ2n) is 4.97. The number of benzene rings is 1. The molecule has 0 unspecified atom stereocenters. The minimum atomic E-state index is -0.208. The van der Waals surface area contributed by atoms with Crippen LogP contribution >= 0.6 is 0 Å². The largest absolute Gasteiger partial charge is 0.493 e. The van der Waals surface area contributed by atoms with E-state index in [0.29, 0.717) is 19.8 Å². The van der Waals surface area contributed by atoms with Crippen molar-refractivity contribution in [1.29, 1.82) is 0 Å². The van der Waals surface area contributed by atoms with Crippen molar-refractivity contribution in [3.63, 3.8) is 0 Å². The van der Waals surface area contributed by atoms with Crippen LogP contribution in [0.2, 0.25) is 0 Å². The van der Waals surface area contributed by atoms with Gasteiger partial charge in [0.25, 0.3) is 5.56 Å². The van der Waals surface area contributed by atoms with E-state index in [-0.39, 0.29) is 11.2 Å². The lowest BCUT2D eigenvalue weighted by atomic mass is 10.1. The van der Waals surface area contributed by atoms with Gasteiger partial charge in [0.05, 0.1) is 24.6 Å². The molecule has 5 nitrogen and oxygen atoms in total. The Bertz CT molecular complexity index is 680. The third-order valence-corrected chi connectivity index (χ3v) is 3.35. The second-order valence-corrected chi connectivity index (χ2v) is 4.97. The first kappa shape index (κ1) is 16.1. The number of nitrogens with two attached hydrogens (primary N) is 1. The maximum Gasteiger partial charge on any atom is 0.274 e. The zero-order valence-corrected chi connectivity index (χ0v) is 13.0. The van der Waals surface area contributed by atoms with Gasteiger partial charge < -0.3 is 19.8 Å². The van der Waals surface area contributed by atoms with E-state index >= 15 is 0 Å². The van der Waals surface area contributed by atoms with Crippen molar-refractivity contribution in [3.05, 3.63) is 46.8 Å². The number of nitrogens with zero attached hydrogens (tertiary/aromatic N) is 1. The fourth-order valence-corrected chi connectivity index (χ4v) is 2.25. The maximum atomic E-state index is 12.3. The normalized spacial score (nSPS) is 10.6. The van der Waals surface area contributed by atoms with Crippen molar-refractivity contribution < 1.29 is 9.47 Å². The van der Waals surface area contributed by atoms with Crippen LogP contribution in [0.1, 0.15) is 13.3 Å². The number of hydrogen-bond acceptors (Lipinski definition) is 4. The topological polar surface area (TPSA) is 66.5 Å². The van der Waals surface area contributed by atoms with Gasteiger partial charge in [-0.15, -0.1) is 0 Å². The molecule has 0 saturated carbocycles. The van der Waals surface area contributed by atoms with Crippen molar-refractivity contribution in [1.82, 2.24) is 4.57 Å². The van der Waals surface area contributed by atoms with E-state index in [2.05, 4.69) is 6.92 Å². The lowest BCUT2D eigenvalue weighted by Gasteiger charge is -2.16. The summed E-state index contributed by atoms with van der Waals surface area (Å²) in [5.41, 5.74) is 7.43. The van der Waals surface area contributed by atoms with Crippen LogP contribution in [0.5, 0.6) is 5.75 Å². The van der Waals surface area contributed by atoms with Gasteiger partial charge >= 0.3 is 0 Å². The third-order valence-electron chi connectivity index (χ3n) is 3.35. The number of pyridine rings is 1. The Kier molecular flexibility index (Phi) is 5.61. The number of nitrogen functional groups attached to an aromatic ring is 1. The Balaban J connectivity index is 2.52. The Morgan fingerprint density at radius 2 is 1.91 bits per heavy atom. The molecule has 2 aromatic rings. The lowest BCUT2D eigenvalue weighted by Crippen LogP contribution is -2.26. The van der Waals surface area contributed by atoms with Crippen LogP contribution in [0.4, 0.5) is 5.69 Å². The molecule has 0 saturated heterocycles. The summed E-state index contributed by atoms with van der Waals surface area (Å²) in [7, 11) is 1.61. The van der Waals surface area contributed by atoms with Gasteiger partial charge in [0, 0.05) is 19.2 Å². The van der Waals surface area contributed by atoms with Gasteiger partial charge in [-0.1, -0.05) is 19.1 Å². The molecule has 0 radical (unpaired) electrons. The smallest absolute Gasteiger partial charge is 0.274 e. The number of rotatable bonds is 7. The summed E-state index contributed by atoms with van der Waals surface area (Å²) >= 11 is 0. The SMILES string of the molecule is CCCOc1ccccc1-c1ccc(N)c(=O)n1CCOC. The molecule has 2 N–H and O–H groups in total. The molecule has 5 heteroatoms. The molecule has 1 aromatic carbocycles. The molecule has 0 atom stereocenters. The van der Waals surface area contributed by atoms with E-state index in [4.69, 9.17) is 15.2 Å². The molecule has 22 heavy (non-hydrogen) atoms. The van der Waals surface area contributed by atoms with Gasteiger partial charge in [-0.3, -0.25) is 4.79 Å². The summed E-state index contributed by atoms with van der Waals surface area (Å²) in [6, 6.07) is 11.2. The van der Waals surface area contributed by atoms with Crippen molar-refractivity contribution in [2.24, 2.45) is 0 Å². The Morgan fingerprint density at radius 1 is 1.14 bits per heavy atom. The summed E-state index contributed by atoms with van der Waals surface area (Å²) < 4.78 is 12.5. The fraction of sp³-hybridized carbons (Fsp3) is 0.353. The third kappa shape index (κ3) is 3.49. The number of aromatic nitrogens is 1. The Hall–Kier alpha value is -2.27. The number of para-hydroxylation sites is 1. The van der Waals surface area contributed by atoms with Gasteiger partial charge in [-0.25, -0.2) is 0 Å². The van der Waals surface area contributed by atoms with Gasteiger partial charge in [0.2, 0.25) is 0 Å². The Labute approximate surface area is 130 Å². The molecule has 0 aliphatic heterocycles. The van der Waals surface area contributed by atoms with Crippen molar-refractivity contribution in [3.8, 4) is 17.0 Å². The molecule has 0 bridgehead atoms. The average molecular weight is 302 g/mol. The van der Waals surface area contributed by atoms with Gasteiger partial charge in [-0.05, 0) is 30.7 Å². The summed E-state index contributed by atoms with van der Waals surface area (Å²) in [6.45, 7) is 3.57. The zero-order chi connectivity index (χ0) is 15.9. The average Bonchev–Trinajstić information content (AvgIpc) is 2.54. The number of anilines is 1. The van der Waals surface area contributed by atoms with Gasteiger partial charge in [0.1, 0.15) is 5.75 Å². The minimum Gasteiger partial charge on any atom is -0.493 e. The number of ether oxygens (including phenoxy) is 2. The summed E-state index contributed by atoms with van der Waals surface area (Å²) in [6.07, 6.45) is 0.923. The molecule has 118 valence electrons. The first-order valence-corrected chi connectivity index (χ1v) is 7.39. The first-order chi connectivity index (χ1) is 10.7. The van der Waals surface area contributed by atoms with Crippen LogP contribution < -0.4 is 16.0 Å². The van der Waals surface area contributed by atoms with E-state index in [1.165, 1.54) is 0 Å². The highest BCUT2D eigenvalue weighted by molar-refractivity contribution is 5.68. The van der Waals surface area contributed by atoms with Crippen LogP contribution in [0.3, 0.4) is 0 Å². The number of hydrogen-bond donors (Lipinski definition) is 1. The van der Waals surface area contributed by atoms with E-state index in [0.717, 1.165) is 23.4 Å². The molecule has 0 fully saturated rings. The van der Waals surface area contributed by atoms with Crippen LogP contribution in [0.15, 0.2) is 41.2 Å². The molecule has 1 aromatic heterocycles. The van der Waals surface area contributed by atoms with E-state index < -0.39 is 0 Å². The molecule has 0 aliphatic rings. The summed E-state index contributed by atoms with van der Waals surface area (Å²) in [5, 5.41) is 0. The van der Waals surface area contributed by atoms with Crippen molar-refractivity contribution in [2.45, 2.75) is 19.9 Å². The molecular weight excluding hydrogens is 280 g/mol. The highest BCUT2D eigenvalue weighted by atomic mass is 16.5. The lowest BCUT2D eigenvalue weighted by molar-refractivity contribution is 0.186. The second kappa shape index (κ2) is 7.66. The molecule has 1 heterocycles. The molecule has 0 aliphatic carbocycles. The minimum absolute atomic E-state index is 0.208. The predicted molar refractivity (Wildman–Crippen MR) is 88.2 cm³/mol. The van der Waals surface area contributed by atoms with Gasteiger partial charge in [0.15, 0.2) is 0 Å². The quantitative estimate of drug-likeness (QED) is 0.853. The van der Waals surface area contributed by atoms with Crippen molar-refractivity contribution in [2.75, 3.05) is 26.1 Å². The summed E-state index contributed by atoms with van der Waals surface area (Å²) in [5.74, 6) is 0.764. The fourth-order valence-electron chi connectivity index (χ4n) is 2.25. The van der Waals surface area contributed by atoms with E-state index in [1.807, 2.05) is 30.3 Å². The zero-order valence-electron chi connectivity index (χ0n) is 13.0. The van der Waals surface area contributed by atoms with E-state index in [9.17, 15) is 4.79 Å².